The number of sulfonamides is 1. The predicted octanol–water partition coefficient (Wildman–Crippen LogP) is 1.96. The first-order valence-corrected chi connectivity index (χ1v) is 9.57. The van der Waals surface area contributed by atoms with Crippen LogP contribution in [0.15, 0.2) is 34.5 Å². The summed E-state index contributed by atoms with van der Waals surface area (Å²) in [5, 5.41) is 2.48. The van der Waals surface area contributed by atoms with Crippen LogP contribution < -0.4 is 10.3 Å². The Labute approximate surface area is 140 Å². The fourth-order valence-electron chi connectivity index (χ4n) is 1.97. The summed E-state index contributed by atoms with van der Waals surface area (Å²) in [5.41, 5.74) is 4.13. The van der Waals surface area contributed by atoms with E-state index in [-0.39, 0.29) is 11.3 Å². The molecule has 0 aliphatic carbocycles. The summed E-state index contributed by atoms with van der Waals surface area (Å²) in [6.07, 6.45) is 1.94. The largest absolute Gasteiger partial charge is 0.277 e. The van der Waals surface area contributed by atoms with Crippen molar-refractivity contribution in [1.82, 2.24) is 15.2 Å². The van der Waals surface area contributed by atoms with Crippen molar-refractivity contribution in [1.29, 1.82) is 0 Å². The monoisotopic (exact) mass is 353 g/mol. The third-order valence-electron chi connectivity index (χ3n) is 3.08. The molecule has 0 aliphatic rings. The van der Waals surface area contributed by atoms with Crippen LogP contribution in [0.5, 0.6) is 0 Å². The van der Waals surface area contributed by atoms with Gasteiger partial charge in [-0.2, -0.15) is 0 Å². The van der Waals surface area contributed by atoms with E-state index in [4.69, 9.17) is 0 Å². The van der Waals surface area contributed by atoms with Gasteiger partial charge in [0.25, 0.3) is 10.0 Å². The Morgan fingerprint density at radius 1 is 1.26 bits per heavy atom. The number of nitrogens with one attached hydrogen (secondary N) is 2. The van der Waals surface area contributed by atoms with Crippen molar-refractivity contribution >= 4 is 27.3 Å². The van der Waals surface area contributed by atoms with Gasteiger partial charge in [0.2, 0.25) is 5.91 Å². The third kappa shape index (κ3) is 5.12. The zero-order valence-corrected chi connectivity index (χ0v) is 14.6. The van der Waals surface area contributed by atoms with Gasteiger partial charge < -0.3 is 0 Å². The molecule has 0 radical (unpaired) electrons. The number of rotatable bonds is 7. The molecule has 1 heterocycles. The van der Waals surface area contributed by atoms with Crippen molar-refractivity contribution < 1.29 is 13.2 Å². The van der Waals surface area contributed by atoms with Crippen molar-refractivity contribution in [3.05, 3.63) is 45.9 Å². The number of nitrogens with zero attached hydrogens (tertiary/aromatic N) is 1. The minimum Gasteiger partial charge on any atom is -0.277 e. The molecule has 2 rings (SSSR count). The number of thiazole rings is 1. The molecule has 23 heavy (non-hydrogen) atoms. The van der Waals surface area contributed by atoms with Gasteiger partial charge in [0.05, 0.1) is 11.3 Å². The second-order valence-electron chi connectivity index (χ2n) is 5.11. The number of benzene rings is 1. The van der Waals surface area contributed by atoms with Gasteiger partial charge >= 0.3 is 0 Å². The van der Waals surface area contributed by atoms with Gasteiger partial charge in [-0.3, -0.25) is 10.2 Å². The Morgan fingerprint density at radius 3 is 2.52 bits per heavy atom. The number of hydrazine groups is 1. The maximum atomic E-state index is 12.1. The van der Waals surface area contributed by atoms with Crippen molar-refractivity contribution in [2.45, 2.75) is 38.0 Å². The molecule has 1 aromatic heterocycles. The smallest absolute Gasteiger partial charge is 0.257 e. The summed E-state index contributed by atoms with van der Waals surface area (Å²) in [6.45, 7) is 3.90. The SMILES string of the molecule is CCCc1ccc(S(=O)(=O)NNC(=O)Cc2nc(C)cs2)cc1. The van der Waals surface area contributed by atoms with Gasteiger partial charge in [0, 0.05) is 11.1 Å². The Bertz CT molecular complexity index is 768. The van der Waals surface area contributed by atoms with Gasteiger partial charge in [0.15, 0.2) is 0 Å². The number of hydrogen-bond acceptors (Lipinski definition) is 5. The van der Waals surface area contributed by atoms with Crippen molar-refractivity contribution in [3.63, 3.8) is 0 Å². The molecule has 124 valence electrons. The Kier molecular flexibility index (Phi) is 5.86. The standard InChI is InChI=1S/C15H19N3O3S2/c1-3-4-12-5-7-13(8-6-12)23(20,21)18-17-14(19)9-15-16-11(2)10-22-15/h5-8,10,18H,3-4,9H2,1-2H3,(H,17,19). The Balaban J connectivity index is 1.93. The summed E-state index contributed by atoms with van der Waals surface area (Å²) in [4.78, 5) is 18.1. The molecule has 0 saturated carbocycles. The average Bonchev–Trinajstić information content (AvgIpc) is 2.91. The summed E-state index contributed by atoms with van der Waals surface area (Å²) < 4.78 is 24.2. The van der Waals surface area contributed by atoms with E-state index in [1.807, 2.05) is 12.3 Å². The summed E-state index contributed by atoms with van der Waals surface area (Å²) in [6, 6.07) is 6.61. The van der Waals surface area contributed by atoms with E-state index in [0.717, 1.165) is 24.1 Å². The number of amides is 1. The zero-order valence-electron chi connectivity index (χ0n) is 13.0. The molecule has 6 nitrogen and oxygen atoms in total. The molecule has 2 aromatic rings. The van der Waals surface area contributed by atoms with Gasteiger partial charge in [-0.1, -0.05) is 25.5 Å². The molecule has 8 heteroatoms. The fourth-order valence-corrected chi connectivity index (χ4v) is 3.60. The van der Waals surface area contributed by atoms with E-state index in [1.165, 1.54) is 23.5 Å². The van der Waals surface area contributed by atoms with E-state index in [9.17, 15) is 13.2 Å². The van der Waals surface area contributed by atoms with Crippen LogP contribution in [0, 0.1) is 6.92 Å². The molecule has 0 spiro atoms. The Hall–Kier alpha value is -1.77. The van der Waals surface area contributed by atoms with E-state index in [2.05, 4.69) is 22.2 Å². The van der Waals surface area contributed by atoms with E-state index >= 15 is 0 Å². The van der Waals surface area contributed by atoms with Gasteiger partial charge in [-0.15, -0.1) is 16.2 Å². The maximum absolute atomic E-state index is 12.1. The molecule has 0 saturated heterocycles. The fraction of sp³-hybridized carbons (Fsp3) is 0.333. The maximum Gasteiger partial charge on any atom is 0.257 e. The highest BCUT2D eigenvalue weighted by atomic mass is 32.2. The van der Waals surface area contributed by atoms with Gasteiger partial charge in [0.1, 0.15) is 5.01 Å². The van der Waals surface area contributed by atoms with E-state index in [1.54, 1.807) is 12.1 Å². The van der Waals surface area contributed by atoms with Gasteiger partial charge in [-0.05, 0) is 31.0 Å². The second kappa shape index (κ2) is 7.67. The van der Waals surface area contributed by atoms with E-state index in [0.29, 0.717) is 5.01 Å². The number of aryl methyl sites for hydroxylation is 2. The van der Waals surface area contributed by atoms with Crippen LogP contribution in [0.2, 0.25) is 0 Å². The average molecular weight is 353 g/mol. The first-order valence-electron chi connectivity index (χ1n) is 7.21. The lowest BCUT2D eigenvalue weighted by molar-refractivity contribution is -0.120. The van der Waals surface area contributed by atoms with Crippen LogP contribution in [0.4, 0.5) is 0 Å². The van der Waals surface area contributed by atoms with Gasteiger partial charge in [-0.25, -0.2) is 13.4 Å². The minimum atomic E-state index is -3.77. The first kappa shape index (κ1) is 17.6. The molecule has 1 aromatic carbocycles. The molecular weight excluding hydrogens is 334 g/mol. The lowest BCUT2D eigenvalue weighted by Crippen LogP contribution is -2.42. The highest BCUT2D eigenvalue weighted by Gasteiger charge is 2.15. The summed E-state index contributed by atoms with van der Waals surface area (Å²) >= 11 is 1.36. The van der Waals surface area contributed by atoms with Crippen molar-refractivity contribution in [3.8, 4) is 0 Å². The number of hydrogen-bond donors (Lipinski definition) is 2. The number of aromatic nitrogens is 1. The highest BCUT2D eigenvalue weighted by Crippen LogP contribution is 2.12. The molecule has 0 bridgehead atoms. The lowest BCUT2D eigenvalue weighted by Gasteiger charge is -2.08. The molecule has 0 fully saturated rings. The lowest BCUT2D eigenvalue weighted by atomic mass is 10.1. The number of carbonyl (C=O) groups is 1. The minimum absolute atomic E-state index is 0.0382. The van der Waals surface area contributed by atoms with Crippen LogP contribution in [0.1, 0.15) is 29.6 Å². The molecule has 0 unspecified atom stereocenters. The van der Waals surface area contributed by atoms with Crippen molar-refractivity contribution in [2.24, 2.45) is 0 Å². The van der Waals surface area contributed by atoms with Crippen LogP contribution in [-0.4, -0.2) is 19.3 Å². The molecule has 1 amide bonds. The Morgan fingerprint density at radius 2 is 1.96 bits per heavy atom. The quantitative estimate of drug-likeness (QED) is 0.745. The molecule has 0 atom stereocenters. The summed E-state index contributed by atoms with van der Waals surface area (Å²) in [5.74, 6) is -0.453. The van der Waals surface area contributed by atoms with Crippen LogP contribution in [0.25, 0.3) is 0 Å². The van der Waals surface area contributed by atoms with Crippen LogP contribution in [-0.2, 0) is 27.7 Å². The third-order valence-corrected chi connectivity index (χ3v) is 5.31. The van der Waals surface area contributed by atoms with Crippen LogP contribution >= 0.6 is 11.3 Å². The predicted molar refractivity (Wildman–Crippen MR) is 89.5 cm³/mol. The van der Waals surface area contributed by atoms with Crippen LogP contribution in [0.3, 0.4) is 0 Å². The normalized spacial score (nSPS) is 11.4. The summed E-state index contributed by atoms with van der Waals surface area (Å²) in [7, 11) is -3.77. The molecular formula is C15H19N3O3S2. The second-order valence-corrected chi connectivity index (χ2v) is 7.73. The van der Waals surface area contributed by atoms with Crippen molar-refractivity contribution in [2.75, 3.05) is 0 Å². The zero-order chi connectivity index (χ0) is 16.9. The first-order chi connectivity index (χ1) is 10.9. The molecule has 0 aliphatic heterocycles. The van der Waals surface area contributed by atoms with E-state index < -0.39 is 15.9 Å². The topological polar surface area (TPSA) is 88.2 Å². The number of carbonyl (C=O) groups excluding carboxylic acids is 1. The molecule has 2 N–H and O–H groups in total. The highest BCUT2D eigenvalue weighted by molar-refractivity contribution is 7.89.